The zero-order chi connectivity index (χ0) is 13.6. The van der Waals surface area contributed by atoms with Gasteiger partial charge in [0.1, 0.15) is 0 Å². The summed E-state index contributed by atoms with van der Waals surface area (Å²) in [5.41, 5.74) is 5.81. The number of carbonyl (C=O) groups is 1. The summed E-state index contributed by atoms with van der Waals surface area (Å²) in [6, 6.07) is 0. The average Bonchev–Trinajstić information content (AvgIpc) is 2.33. The van der Waals surface area contributed by atoms with Gasteiger partial charge in [0.2, 0.25) is 0 Å². The molecule has 0 heterocycles. The van der Waals surface area contributed by atoms with Crippen LogP contribution in [0.15, 0.2) is 0 Å². The van der Waals surface area contributed by atoms with Gasteiger partial charge in [-0.05, 0) is 30.6 Å². The maximum Gasteiger partial charge on any atom is 0.310 e. The topological polar surface area (TPSA) is 52.3 Å². The fraction of sp³-hybridized carbons (Fsp3) is 0.933. The van der Waals surface area contributed by atoms with Gasteiger partial charge in [-0.25, -0.2) is 0 Å². The van der Waals surface area contributed by atoms with Crippen molar-refractivity contribution in [1.82, 2.24) is 0 Å². The fourth-order valence-electron chi connectivity index (χ4n) is 2.67. The number of ether oxygens (including phenoxy) is 1. The van der Waals surface area contributed by atoms with E-state index in [9.17, 15) is 4.79 Å². The molecule has 0 amide bonds. The van der Waals surface area contributed by atoms with Gasteiger partial charge in [-0.1, -0.05) is 40.0 Å². The van der Waals surface area contributed by atoms with Gasteiger partial charge in [0.25, 0.3) is 0 Å². The molecule has 1 fully saturated rings. The van der Waals surface area contributed by atoms with E-state index in [-0.39, 0.29) is 17.3 Å². The predicted octanol–water partition coefficient (Wildman–Crippen LogP) is 3.12. The first kappa shape index (κ1) is 15.5. The largest absolute Gasteiger partial charge is 0.465 e. The number of carbonyl (C=O) groups excluding carboxylic acids is 1. The second kappa shape index (κ2) is 7.13. The Balaban J connectivity index is 2.32. The molecule has 106 valence electrons. The highest BCUT2D eigenvalue weighted by Crippen LogP contribution is 2.26. The Hall–Kier alpha value is -0.570. The summed E-state index contributed by atoms with van der Waals surface area (Å²) in [6.07, 6.45) is 7.11. The summed E-state index contributed by atoms with van der Waals surface area (Å²) < 4.78 is 5.46. The smallest absolute Gasteiger partial charge is 0.310 e. The maximum absolute atomic E-state index is 12.0. The van der Waals surface area contributed by atoms with Crippen LogP contribution in [0.2, 0.25) is 0 Å². The second-order valence-electron chi connectivity index (χ2n) is 6.83. The van der Waals surface area contributed by atoms with Crippen molar-refractivity contribution in [3.63, 3.8) is 0 Å². The van der Waals surface area contributed by atoms with Gasteiger partial charge in [0.15, 0.2) is 0 Å². The van der Waals surface area contributed by atoms with Crippen LogP contribution in [0.5, 0.6) is 0 Å². The maximum atomic E-state index is 12.0. The van der Waals surface area contributed by atoms with Crippen molar-refractivity contribution in [3.8, 4) is 0 Å². The van der Waals surface area contributed by atoms with Gasteiger partial charge in [0.05, 0.1) is 12.5 Å². The van der Waals surface area contributed by atoms with E-state index >= 15 is 0 Å². The summed E-state index contributed by atoms with van der Waals surface area (Å²) >= 11 is 0. The summed E-state index contributed by atoms with van der Waals surface area (Å²) in [5.74, 6) is 0.336. The van der Waals surface area contributed by atoms with Gasteiger partial charge in [-0.2, -0.15) is 0 Å². The summed E-state index contributed by atoms with van der Waals surface area (Å²) in [5, 5.41) is 0. The highest BCUT2D eigenvalue weighted by Gasteiger charge is 2.26. The van der Waals surface area contributed by atoms with E-state index in [2.05, 4.69) is 20.8 Å². The molecular formula is C15H29NO2. The second-order valence-corrected chi connectivity index (χ2v) is 6.83. The fourth-order valence-corrected chi connectivity index (χ4v) is 2.67. The molecule has 1 atom stereocenters. The number of nitrogens with two attached hydrogens (primary N) is 1. The lowest BCUT2D eigenvalue weighted by Gasteiger charge is -2.25. The average molecular weight is 255 g/mol. The Labute approximate surface area is 111 Å². The van der Waals surface area contributed by atoms with Crippen molar-refractivity contribution in [3.05, 3.63) is 0 Å². The Morgan fingerprint density at radius 2 is 1.89 bits per heavy atom. The minimum atomic E-state index is -0.145. The van der Waals surface area contributed by atoms with E-state index in [4.69, 9.17) is 10.5 Å². The van der Waals surface area contributed by atoms with Crippen LogP contribution in [0.3, 0.4) is 0 Å². The predicted molar refractivity (Wildman–Crippen MR) is 74.2 cm³/mol. The zero-order valence-electron chi connectivity index (χ0n) is 12.2. The standard InChI is InChI=1S/C15H29NO2/c1-15(2,3)9-13(10-16)14(17)18-11-12-7-5-4-6-8-12/h12-13H,4-11,16H2,1-3H3. The summed E-state index contributed by atoms with van der Waals surface area (Å²) in [6.45, 7) is 7.37. The molecule has 0 saturated heterocycles. The van der Waals surface area contributed by atoms with Crippen molar-refractivity contribution >= 4 is 5.97 Å². The molecule has 0 bridgehead atoms. The molecule has 18 heavy (non-hydrogen) atoms. The van der Waals surface area contributed by atoms with Crippen molar-refractivity contribution < 1.29 is 9.53 Å². The van der Waals surface area contributed by atoms with E-state index in [1.165, 1.54) is 32.1 Å². The lowest BCUT2D eigenvalue weighted by Crippen LogP contribution is -2.31. The van der Waals surface area contributed by atoms with Gasteiger partial charge in [-0.15, -0.1) is 0 Å². The molecule has 1 saturated carbocycles. The van der Waals surface area contributed by atoms with Crippen LogP contribution in [0.1, 0.15) is 59.3 Å². The van der Waals surface area contributed by atoms with Crippen LogP contribution >= 0.6 is 0 Å². The Morgan fingerprint density at radius 3 is 2.39 bits per heavy atom. The third kappa shape index (κ3) is 5.85. The van der Waals surface area contributed by atoms with E-state index < -0.39 is 0 Å². The molecular weight excluding hydrogens is 226 g/mol. The highest BCUT2D eigenvalue weighted by molar-refractivity contribution is 5.72. The Morgan fingerprint density at radius 1 is 1.28 bits per heavy atom. The molecule has 1 unspecified atom stereocenters. The molecule has 0 radical (unpaired) electrons. The van der Waals surface area contributed by atoms with Crippen molar-refractivity contribution in [2.75, 3.05) is 13.2 Å². The first-order valence-corrected chi connectivity index (χ1v) is 7.29. The van der Waals surface area contributed by atoms with Crippen LogP contribution in [-0.4, -0.2) is 19.1 Å². The van der Waals surface area contributed by atoms with Crippen LogP contribution in [0.4, 0.5) is 0 Å². The number of esters is 1. The van der Waals surface area contributed by atoms with E-state index in [1.54, 1.807) is 0 Å². The summed E-state index contributed by atoms with van der Waals surface area (Å²) in [4.78, 5) is 12.0. The van der Waals surface area contributed by atoms with E-state index in [0.29, 0.717) is 19.1 Å². The normalized spacial score (nSPS) is 19.6. The van der Waals surface area contributed by atoms with Gasteiger partial charge < -0.3 is 10.5 Å². The first-order valence-electron chi connectivity index (χ1n) is 7.29. The molecule has 0 aromatic heterocycles. The molecule has 2 N–H and O–H groups in total. The monoisotopic (exact) mass is 255 g/mol. The summed E-state index contributed by atoms with van der Waals surface area (Å²) in [7, 11) is 0. The van der Waals surface area contributed by atoms with E-state index in [0.717, 1.165) is 6.42 Å². The number of hydrogen-bond acceptors (Lipinski definition) is 3. The van der Waals surface area contributed by atoms with Crippen LogP contribution in [0.25, 0.3) is 0 Å². The van der Waals surface area contributed by atoms with Crippen LogP contribution < -0.4 is 5.73 Å². The lowest BCUT2D eigenvalue weighted by atomic mass is 9.84. The molecule has 3 heteroatoms. The SMILES string of the molecule is CC(C)(C)CC(CN)C(=O)OCC1CCCCC1. The zero-order valence-corrected chi connectivity index (χ0v) is 12.2. The third-order valence-electron chi connectivity index (χ3n) is 3.66. The molecule has 0 aromatic carbocycles. The first-order chi connectivity index (χ1) is 8.42. The molecule has 1 rings (SSSR count). The minimum absolute atomic E-state index is 0.0991. The van der Waals surface area contributed by atoms with Gasteiger partial charge in [-0.3, -0.25) is 4.79 Å². The van der Waals surface area contributed by atoms with Gasteiger partial charge >= 0.3 is 5.97 Å². The number of hydrogen-bond donors (Lipinski definition) is 1. The van der Waals surface area contributed by atoms with Crippen molar-refractivity contribution in [2.45, 2.75) is 59.3 Å². The molecule has 0 aromatic rings. The molecule has 0 aliphatic heterocycles. The molecule has 1 aliphatic carbocycles. The van der Waals surface area contributed by atoms with Crippen molar-refractivity contribution in [1.29, 1.82) is 0 Å². The van der Waals surface area contributed by atoms with E-state index in [1.807, 2.05) is 0 Å². The van der Waals surface area contributed by atoms with Crippen molar-refractivity contribution in [2.24, 2.45) is 23.0 Å². The Kier molecular flexibility index (Phi) is 6.13. The molecule has 3 nitrogen and oxygen atoms in total. The molecule has 0 spiro atoms. The molecule has 1 aliphatic rings. The van der Waals surface area contributed by atoms with Crippen LogP contribution in [-0.2, 0) is 9.53 Å². The van der Waals surface area contributed by atoms with Crippen LogP contribution in [0, 0.1) is 17.3 Å². The van der Waals surface area contributed by atoms with Gasteiger partial charge in [0, 0.05) is 6.54 Å². The lowest BCUT2D eigenvalue weighted by molar-refractivity contribution is -0.151. The third-order valence-corrected chi connectivity index (χ3v) is 3.66. The minimum Gasteiger partial charge on any atom is -0.465 e. The number of rotatable bonds is 5. The highest BCUT2D eigenvalue weighted by atomic mass is 16.5. The Bertz CT molecular complexity index is 252. The quantitative estimate of drug-likeness (QED) is 0.768.